The third kappa shape index (κ3) is 1.91. The van der Waals surface area contributed by atoms with E-state index in [1.54, 1.807) is 37.3 Å². The molecule has 1 aromatic carbocycles. The Balaban J connectivity index is 2.28. The summed E-state index contributed by atoms with van der Waals surface area (Å²) in [6, 6.07) is 7.02. The van der Waals surface area contributed by atoms with Crippen LogP contribution in [0.15, 0.2) is 28.8 Å². The van der Waals surface area contributed by atoms with Crippen LogP contribution in [-0.2, 0) is 0 Å². The molecule has 4 heteroatoms. The van der Waals surface area contributed by atoms with Crippen molar-refractivity contribution in [3.8, 4) is 5.75 Å². The molecule has 0 amide bonds. The van der Waals surface area contributed by atoms with Crippen LogP contribution in [0, 0.1) is 6.92 Å². The number of nitrogen functional groups attached to an aromatic ring is 1. The first-order chi connectivity index (χ1) is 7.68. The van der Waals surface area contributed by atoms with Gasteiger partial charge in [0.2, 0.25) is 0 Å². The largest absolute Gasteiger partial charge is 0.507 e. The number of hydrogen-bond acceptors (Lipinski definition) is 4. The molecule has 0 fully saturated rings. The van der Waals surface area contributed by atoms with Gasteiger partial charge in [-0.1, -0.05) is 23.4 Å². The van der Waals surface area contributed by atoms with E-state index < -0.39 is 0 Å². The molecule has 0 aliphatic heterocycles. The van der Waals surface area contributed by atoms with Crippen LogP contribution in [0.25, 0.3) is 12.2 Å². The van der Waals surface area contributed by atoms with Crippen molar-refractivity contribution in [2.45, 2.75) is 6.92 Å². The topological polar surface area (TPSA) is 72.3 Å². The maximum atomic E-state index is 9.53. The van der Waals surface area contributed by atoms with Gasteiger partial charge in [0.05, 0.1) is 0 Å². The Bertz CT molecular complexity index is 530. The Morgan fingerprint density at radius 3 is 2.69 bits per heavy atom. The lowest BCUT2D eigenvalue weighted by atomic mass is 10.1. The lowest BCUT2D eigenvalue weighted by molar-refractivity contribution is 0.408. The van der Waals surface area contributed by atoms with Crippen LogP contribution < -0.4 is 5.73 Å². The summed E-state index contributed by atoms with van der Waals surface area (Å²) in [5.41, 5.74) is 7.62. The quantitative estimate of drug-likeness (QED) is 0.808. The third-order valence-corrected chi connectivity index (χ3v) is 2.29. The number of benzene rings is 1. The van der Waals surface area contributed by atoms with Crippen LogP contribution in [-0.4, -0.2) is 10.3 Å². The molecule has 1 heterocycles. The van der Waals surface area contributed by atoms with Crippen LogP contribution in [0.3, 0.4) is 0 Å². The van der Waals surface area contributed by atoms with Crippen LogP contribution in [0.5, 0.6) is 5.75 Å². The van der Waals surface area contributed by atoms with Gasteiger partial charge in [0.1, 0.15) is 17.1 Å². The maximum Gasteiger partial charge on any atom is 0.182 e. The lowest BCUT2D eigenvalue weighted by Crippen LogP contribution is -1.86. The standard InChI is InChI=1S/C12H12N2O2/c1-8-12(13)11(16-14-8)7-6-9-4-2-3-5-10(9)15/h2-7,15H,13H2,1H3/b7-6+. The summed E-state index contributed by atoms with van der Waals surface area (Å²) >= 11 is 0. The highest BCUT2D eigenvalue weighted by Crippen LogP contribution is 2.21. The average Bonchev–Trinajstić information content (AvgIpc) is 2.59. The minimum Gasteiger partial charge on any atom is -0.507 e. The van der Waals surface area contributed by atoms with E-state index in [4.69, 9.17) is 10.3 Å². The molecular formula is C12H12N2O2. The SMILES string of the molecule is Cc1noc(/C=C/c2ccccc2O)c1N. The second-order valence-electron chi connectivity index (χ2n) is 3.44. The molecule has 0 unspecified atom stereocenters. The van der Waals surface area contributed by atoms with Crippen LogP contribution >= 0.6 is 0 Å². The van der Waals surface area contributed by atoms with Gasteiger partial charge in [-0.05, 0) is 25.1 Å². The van der Waals surface area contributed by atoms with Gasteiger partial charge in [-0.3, -0.25) is 0 Å². The van der Waals surface area contributed by atoms with E-state index in [2.05, 4.69) is 5.16 Å². The number of anilines is 1. The van der Waals surface area contributed by atoms with Gasteiger partial charge in [-0.2, -0.15) is 0 Å². The maximum absolute atomic E-state index is 9.53. The minimum atomic E-state index is 0.216. The minimum absolute atomic E-state index is 0.216. The molecule has 82 valence electrons. The first-order valence-electron chi connectivity index (χ1n) is 4.86. The zero-order valence-electron chi connectivity index (χ0n) is 8.84. The van der Waals surface area contributed by atoms with Crippen LogP contribution in [0.1, 0.15) is 17.0 Å². The van der Waals surface area contributed by atoms with E-state index >= 15 is 0 Å². The van der Waals surface area contributed by atoms with Gasteiger partial charge in [-0.25, -0.2) is 0 Å². The number of nitrogens with zero attached hydrogens (tertiary/aromatic N) is 1. The van der Waals surface area contributed by atoms with E-state index in [0.29, 0.717) is 22.7 Å². The number of aryl methyl sites for hydroxylation is 1. The summed E-state index contributed by atoms with van der Waals surface area (Å²) in [4.78, 5) is 0. The summed E-state index contributed by atoms with van der Waals surface area (Å²) in [6.07, 6.45) is 3.41. The fourth-order valence-electron chi connectivity index (χ4n) is 1.31. The molecule has 3 N–H and O–H groups in total. The molecule has 0 radical (unpaired) electrons. The lowest BCUT2D eigenvalue weighted by Gasteiger charge is -1.96. The molecule has 2 rings (SSSR count). The van der Waals surface area contributed by atoms with Crippen LogP contribution in [0.2, 0.25) is 0 Å². The highest BCUT2D eigenvalue weighted by atomic mass is 16.5. The molecule has 0 aliphatic carbocycles. The summed E-state index contributed by atoms with van der Waals surface area (Å²) in [6.45, 7) is 1.77. The Kier molecular flexibility index (Phi) is 2.64. The molecule has 16 heavy (non-hydrogen) atoms. The molecule has 0 aliphatic rings. The number of aromatic nitrogens is 1. The van der Waals surface area contributed by atoms with Crippen molar-refractivity contribution in [3.05, 3.63) is 41.3 Å². The smallest absolute Gasteiger partial charge is 0.182 e. The van der Waals surface area contributed by atoms with Gasteiger partial charge < -0.3 is 15.4 Å². The highest BCUT2D eigenvalue weighted by Gasteiger charge is 2.05. The van der Waals surface area contributed by atoms with E-state index in [1.165, 1.54) is 0 Å². The monoisotopic (exact) mass is 216 g/mol. The predicted octanol–water partition coefficient (Wildman–Crippen LogP) is 2.44. The Labute approximate surface area is 93.0 Å². The molecule has 4 nitrogen and oxygen atoms in total. The number of rotatable bonds is 2. The second kappa shape index (κ2) is 4.10. The van der Waals surface area contributed by atoms with Crippen molar-refractivity contribution in [2.75, 3.05) is 5.73 Å². The fourth-order valence-corrected chi connectivity index (χ4v) is 1.31. The zero-order valence-corrected chi connectivity index (χ0v) is 8.84. The Morgan fingerprint density at radius 2 is 2.06 bits per heavy atom. The Hall–Kier alpha value is -2.23. The summed E-state index contributed by atoms with van der Waals surface area (Å²) < 4.78 is 5.01. The van der Waals surface area contributed by atoms with Crippen molar-refractivity contribution in [1.29, 1.82) is 0 Å². The van der Waals surface area contributed by atoms with Crippen LogP contribution in [0.4, 0.5) is 5.69 Å². The summed E-state index contributed by atoms with van der Waals surface area (Å²) in [5, 5.41) is 13.3. The molecule has 0 bridgehead atoms. The third-order valence-electron chi connectivity index (χ3n) is 2.29. The molecule has 0 saturated heterocycles. The molecule has 0 spiro atoms. The molecule has 0 atom stereocenters. The van der Waals surface area contributed by atoms with Gasteiger partial charge >= 0.3 is 0 Å². The number of aromatic hydroxyl groups is 1. The number of hydrogen-bond donors (Lipinski definition) is 2. The second-order valence-corrected chi connectivity index (χ2v) is 3.44. The first kappa shape index (κ1) is 10.3. The predicted molar refractivity (Wildman–Crippen MR) is 62.7 cm³/mol. The van der Waals surface area contributed by atoms with E-state index in [1.807, 2.05) is 6.07 Å². The summed E-state index contributed by atoms with van der Waals surface area (Å²) in [7, 11) is 0. The van der Waals surface area contributed by atoms with E-state index in [-0.39, 0.29) is 5.75 Å². The number of phenols is 1. The van der Waals surface area contributed by atoms with Crippen molar-refractivity contribution in [3.63, 3.8) is 0 Å². The molecule has 2 aromatic rings. The highest BCUT2D eigenvalue weighted by molar-refractivity contribution is 5.75. The first-order valence-corrected chi connectivity index (χ1v) is 4.86. The average molecular weight is 216 g/mol. The zero-order chi connectivity index (χ0) is 11.5. The molecule has 0 saturated carbocycles. The van der Waals surface area contributed by atoms with Crippen molar-refractivity contribution in [2.24, 2.45) is 0 Å². The van der Waals surface area contributed by atoms with Crippen molar-refractivity contribution in [1.82, 2.24) is 5.16 Å². The fraction of sp³-hybridized carbons (Fsp3) is 0.0833. The van der Waals surface area contributed by atoms with E-state index in [9.17, 15) is 5.11 Å². The summed E-state index contributed by atoms with van der Waals surface area (Å²) in [5.74, 6) is 0.717. The van der Waals surface area contributed by atoms with Crippen molar-refractivity contribution < 1.29 is 9.63 Å². The van der Waals surface area contributed by atoms with Gasteiger partial charge in [0.15, 0.2) is 5.76 Å². The van der Waals surface area contributed by atoms with Gasteiger partial charge in [0.25, 0.3) is 0 Å². The number of nitrogens with two attached hydrogens (primary N) is 1. The normalized spacial score (nSPS) is 11.1. The Morgan fingerprint density at radius 1 is 1.31 bits per heavy atom. The molecular weight excluding hydrogens is 204 g/mol. The van der Waals surface area contributed by atoms with Gasteiger partial charge in [-0.15, -0.1) is 0 Å². The molecule has 1 aromatic heterocycles. The number of para-hydroxylation sites is 1. The number of phenolic OH excluding ortho intramolecular Hbond substituents is 1. The van der Waals surface area contributed by atoms with Crippen molar-refractivity contribution >= 4 is 17.8 Å². The van der Waals surface area contributed by atoms with Gasteiger partial charge in [0, 0.05) is 5.56 Å². The van der Waals surface area contributed by atoms with E-state index in [0.717, 1.165) is 0 Å².